The van der Waals surface area contributed by atoms with Crippen LogP contribution in [0.1, 0.15) is 43.6 Å². The first kappa shape index (κ1) is 18.2. The predicted octanol–water partition coefficient (Wildman–Crippen LogP) is 4.39. The molecule has 3 rings (SSSR count). The molecule has 138 valence electrons. The second-order valence-corrected chi connectivity index (χ2v) is 7.23. The minimum Gasteiger partial charge on any atom is -0.385 e. The van der Waals surface area contributed by atoms with E-state index < -0.39 is 0 Å². The maximum absolute atomic E-state index is 12.5. The Labute approximate surface area is 155 Å². The summed E-state index contributed by atoms with van der Waals surface area (Å²) in [5.74, 6) is 0.460. The van der Waals surface area contributed by atoms with Crippen molar-refractivity contribution >= 4 is 23.0 Å². The lowest BCUT2D eigenvalue weighted by Crippen LogP contribution is -2.18. The molecule has 1 aromatic heterocycles. The van der Waals surface area contributed by atoms with E-state index in [0.717, 1.165) is 37.4 Å². The van der Waals surface area contributed by atoms with Crippen molar-refractivity contribution in [3.05, 3.63) is 48.3 Å². The highest BCUT2D eigenvalue weighted by Crippen LogP contribution is 2.22. The third kappa shape index (κ3) is 4.97. The molecule has 0 spiro atoms. The highest BCUT2D eigenvalue weighted by atomic mass is 16.1. The Morgan fingerprint density at radius 2 is 1.85 bits per heavy atom. The van der Waals surface area contributed by atoms with Crippen LogP contribution >= 0.6 is 0 Å². The Hall–Kier alpha value is -2.56. The van der Waals surface area contributed by atoms with Gasteiger partial charge in [0, 0.05) is 42.9 Å². The van der Waals surface area contributed by atoms with Crippen LogP contribution in [0.3, 0.4) is 0 Å². The normalized spacial score (nSPS) is 13.9. The van der Waals surface area contributed by atoms with Gasteiger partial charge in [-0.3, -0.25) is 9.78 Å². The number of nitrogens with zero attached hydrogens (tertiary/aromatic N) is 2. The highest BCUT2D eigenvalue weighted by Gasteiger charge is 2.13. The maximum Gasteiger partial charge on any atom is 0.274 e. The molecule has 0 bridgehead atoms. The van der Waals surface area contributed by atoms with Crippen LogP contribution in [0.4, 0.5) is 17.1 Å². The summed E-state index contributed by atoms with van der Waals surface area (Å²) in [5.41, 5.74) is 3.35. The van der Waals surface area contributed by atoms with Crippen molar-refractivity contribution in [1.82, 2.24) is 4.98 Å². The summed E-state index contributed by atoms with van der Waals surface area (Å²) in [4.78, 5) is 19.1. The monoisotopic (exact) mass is 352 g/mol. The van der Waals surface area contributed by atoms with Gasteiger partial charge in [0.1, 0.15) is 5.69 Å². The zero-order valence-corrected chi connectivity index (χ0v) is 15.7. The Kier molecular flexibility index (Phi) is 6.10. The SMILES string of the molecule is CC(C)CCNc1ccnc(C(=O)Nc2ccc(N3CCCC3)cc2)c1. The number of aromatic nitrogens is 1. The molecule has 0 atom stereocenters. The molecule has 1 fully saturated rings. The summed E-state index contributed by atoms with van der Waals surface area (Å²) >= 11 is 0. The van der Waals surface area contributed by atoms with Crippen molar-refractivity contribution in [2.75, 3.05) is 35.2 Å². The quantitative estimate of drug-likeness (QED) is 0.776. The minimum atomic E-state index is -0.188. The van der Waals surface area contributed by atoms with Crippen molar-refractivity contribution in [1.29, 1.82) is 0 Å². The molecule has 5 nitrogen and oxygen atoms in total. The molecule has 0 unspecified atom stereocenters. The van der Waals surface area contributed by atoms with Gasteiger partial charge in [0.15, 0.2) is 0 Å². The van der Waals surface area contributed by atoms with Gasteiger partial charge >= 0.3 is 0 Å². The highest BCUT2D eigenvalue weighted by molar-refractivity contribution is 6.03. The molecule has 0 aliphatic carbocycles. The number of carbonyl (C=O) groups excluding carboxylic acids is 1. The van der Waals surface area contributed by atoms with E-state index in [0.29, 0.717) is 11.6 Å². The van der Waals surface area contributed by atoms with Gasteiger partial charge in [0.05, 0.1) is 0 Å². The van der Waals surface area contributed by atoms with E-state index >= 15 is 0 Å². The van der Waals surface area contributed by atoms with Crippen LogP contribution in [-0.2, 0) is 0 Å². The van der Waals surface area contributed by atoms with E-state index in [4.69, 9.17) is 0 Å². The van der Waals surface area contributed by atoms with Gasteiger partial charge < -0.3 is 15.5 Å². The molecule has 1 aliphatic rings. The first-order valence-corrected chi connectivity index (χ1v) is 9.48. The van der Waals surface area contributed by atoms with Crippen molar-refractivity contribution < 1.29 is 4.79 Å². The molecule has 1 saturated heterocycles. The number of nitrogens with one attached hydrogen (secondary N) is 2. The third-order valence-electron chi connectivity index (χ3n) is 4.64. The second kappa shape index (κ2) is 8.70. The zero-order valence-electron chi connectivity index (χ0n) is 15.7. The van der Waals surface area contributed by atoms with Crippen LogP contribution in [0.25, 0.3) is 0 Å². The molecular weight excluding hydrogens is 324 g/mol. The van der Waals surface area contributed by atoms with E-state index in [1.54, 1.807) is 12.3 Å². The number of anilines is 3. The molecule has 0 saturated carbocycles. The molecule has 5 heteroatoms. The Morgan fingerprint density at radius 1 is 1.12 bits per heavy atom. The van der Waals surface area contributed by atoms with Crippen molar-refractivity contribution in [3.63, 3.8) is 0 Å². The number of carbonyl (C=O) groups is 1. The van der Waals surface area contributed by atoms with Gasteiger partial charge in [-0.05, 0) is 61.6 Å². The number of amides is 1. The molecule has 1 aliphatic heterocycles. The minimum absolute atomic E-state index is 0.188. The van der Waals surface area contributed by atoms with E-state index in [-0.39, 0.29) is 5.91 Å². The van der Waals surface area contributed by atoms with E-state index in [1.807, 2.05) is 18.2 Å². The molecule has 1 amide bonds. The largest absolute Gasteiger partial charge is 0.385 e. The average molecular weight is 352 g/mol. The maximum atomic E-state index is 12.5. The van der Waals surface area contributed by atoms with Gasteiger partial charge in [-0.15, -0.1) is 0 Å². The number of hydrogen-bond donors (Lipinski definition) is 2. The first-order chi connectivity index (χ1) is 12.6. The summed E-state index contributed by atoms with van der Waals surface area (Å²) in [6.07, 6.45) is 5.27. The second-order valence-electron chi connectivity index (χ2n) is 7.23. The fourth-order valence-corrected chi connectivity index (χ4v) is 3.10. The summed E-state index contributed by atoms with van der Waals surface area (Å²) in [5, 5.41) is 6.28. The van der Waals surface area contributed by atoms with Gasteiger partial charge in [-0.2, -0.15) is 0 Å². The van der Waals surface area contributed by atoms with Crippen LogP contribution in [0, 0.1) is 5.92 Å². The average Bonchev–Trinajstić information content (AvgIpc) is 3.17. The fourth-order valence-electron chi connectivity index (χ4n) is 3.10. The predicted molar refractivity (Wildman–Crippen MR) is 108 cm³/mol. The molecule has 1 aromatic carbocycles. The van der Waals surface area contributed by atoms with Crippen LogP contribution in [0.5, 0.6) is 0 Å². The lowest BCUT2D eigenvalue weighted by molar-refractivity contribution is 0.102. The number of rotatable bonds is 7. The van der Waals surface area contributed by atoms with Gasteiger partial charge in [-0.1, -0.05) is 13.8 Å². The smallest absolute Gasteiger partial charge is 0.274 e. The number of benzene rings is 1. The molecular formula is C21H28N4O. The molecule has 26 heavy (non-hydrogen) atoms. The summed E-state index contributed by atoms with van der Waals surface area (Å²) in [6.45, 7) is 7.52. The fraction of sp³-hybridized carbons (Fsp3) is 0.429. The van der Waals surface area contributed by atoms with E-state index in [2.05, 4.69) is 46.5 Å². The van der Waals surface area contributed by atoms with Crippen LogP contribution < -0.4 is 15.5 Å². The van der Waals surface area contributed by atoms with Gasteiger partial charge in [0.25, 0.3) is 5.91 Å². The van der Waals surface area contributed by atoms with E-state index in [1.165, 1.54) is 18.5 Å². The van der Waals surface area contributed by atoms with E-state index in [9.17, 15) is 4.79 Å². The standard InChI is InChI=1S/C21H28N4O/c1-16(2)9-11-22-18-10-12-23-20(15-18)21(26)24-17-5-7-19(8-6-17)25-13-3-4-14-25/h5-8,10,12,15-16H,3-4,9,11,13-14H2,1-2H3,(H,22,23)(H,24,26). The molecule has 2 heterocycles. The third-order valence-corrected chi connectivity index (χ3v) is 4.64. The Balaban J connectivity index is 1.58. The van der Waals surface area contributed by atoms with Crippen LogP contribution in [0.2, 0.25) is 0 Å². The van der Waals surface area contributed by atoms with Crippen LogP contribution in [-0.4, -0.2) is 30.5 Å². The molecule has 2 aromatic rings. The van der Waals surface area contributed by atoms with Crippen molar-refractivity contribution in [3.8, 4) is 0 Å². The first-order valence-electron chi connectivity index (χ1n) is 9.48. The summed E-state index contributed by atoms with van der Waals surface area (Å²) in [7, 11) is 0. The van der Waals surface area contributed by atoms with Gasteiger partial charge in [0.2, 0.25) is 0 Å². The summed E-state index contributed by atoms with van der Waals surface area (Å²) in [6, 6.07) is 11.7. The Morgan fingerprint density at radius 3 is 2.54 bits per heavy atom. The Bertz CT molecular complexity index is 721. The lowest BCUT2D eigenvalue weighted by Gasteiger charge is -2.17. The van der Waals surface area contributed by atoms with Crippen molar-refractivity contribution in [2.45, 2.75) is 33.1 Å². The lowest BCUT2D eigenvalue weighted by atomic mass is 10.1. The summed E-state index contributed by atoms with van der Waals surface area (Å²) < 4.78 is 0. The molecule has 2 N–H and O–H groups in total. The number of hydrogen-bond acceptors (Lipinski definition) is 4. The number of pyridine rings is 1. The molecule has 0 radical (unpaired) electrons. The van der Waals surface area contributed by atoms with Gasteiger partial charge in [-0.25, -0.2) is 0 Å². The zero-order chi connectivity index (χ0) is 18.4. The van der Waals surface area contributed by atoms with Crippen molar-refractivity contribution in [2.24, 2.45) is 5.92 Å². The van der Waals surface area contributed by atoms with Crippen LogP contribution in [0.15, 0.2) is 42.6 Å². The topological polar surface area (TPSA) is 57.3 Å².